The van der Waals surface area contributed by atoms with Crippen LogP contribution in [-0.4, -0.2) is 0 Å². The third-order valence-corrected chi connectivity index (χ3v) is 2.64. The molecule has 1 atom stereocenters. The maximum atomic E-state index is 12.6. The van der Waals surface area contributed by atoms with E-state index in [-0.39, 0.29) is 24.0 Å². The van der Waals surface area contributed by atoms with E-state index in [0.717, 1.165) is 0 Å². The number of benzene rings is 1. The first-order valence-corrected chi connectivity index (χ1v) is 5.60. The molecule has 2 N–H and O–H groups in total. The van der Waals surface area contributed by atoms with Crippen molar-refractivity contribution >= 4 is 12.4 Å². The average Bonchev–Trinajstić information content (AvgIpc) is 2.26. The minimum Gasteiger partial charge on any atom is -0.324 e. The van der Waals surface area contributed by atoms with Gasteiger partial charge >= 0.3 is 12.4 Å². The molecule has 8 heteroatoms. The first-order valence-electron chi connectivity index (χ1n) is 5.60. The fourth-order valence-electron chi connectivity index (χ4n) is 1.67. The van der Waals surface area contributed by atoms with Crippen LogP contribution in [0.15, 0.2) is 18.2 Å². The molecule has 0 aliphatic rings. The van der Waals surface area contributed by atoms with Crippen molar-refractivity contribution < 1.29 is 26.3 Å². The molecule has 20 heavy (non-hydrogen) atoms. The van der Waals surface area contributed by atoms with Gasteiger partial charge in [0.25, 0.3) is 0 Å². The topological polar surface area (TPSA) is 26.0 Å². The number of rotatable bonds is 3. The Morgan fingerprint density at radius 2 is 1.35 bits per heavy atom. The summed E-state index contributed by atoms with van der Waals surface area (Å²) in [5.41, 5.74) is 2.79. The fourth-order valence-corrected chi connectivity index (χ4v) is 1.67. The maximum absolute atomic E-state index is 12.6. The highest BCUT2D eigenvalue weighted by atomic mass is 35.5. The van der Waals surface area contributed by atoms with Crippen molar-refractivity contribution in [2.24, 2.45) is 5.73 Å². The van der Waals surface area contributed by atoms with Gasteiger partial charge in [0.1, 0.15) is 0 Å². The van der Waals surface area contributed by atoms with Gasteiger partial charge in [0, 0.05) is 6.04 Å². The molecule has 0 fully saturated rings. The van der Waals surface area contributed by atoms with Crippen molar-refractivity contribution in [3.63, 3.8) is 0 Å². The lowest BCUT2D eigenvalue weighted by Crippen LogP contribution is -2.16. The molecule has 1 aromatic rings. The molecule has 116 valence electrons. The summed E-state index contributed by atoms with van der Waals surface area (Å²) in [6.45, 7) is 1.75. The zero-order valence-corrected chi connectivity index (χ0v) is 11.3. The molecule has 0 bridgehead atoms. The summed E-state index contributed by atoms with van der Waals surface area (Å²) in [7, 11) is 0. The summed E-state index contributed by atoms with van der Waals surface area (Å²) in [6, 6.07) is 0.612. The number of hydrogen-bond acceptors (Lipinski definition) is 1. The van der Waals surface area contributed by atoms with Crippen LogP contribution in [0.2, 0.25) is 0 Å². The number of hydrogen-bond donors (Lipinski definition) is 1. The standard InChI is InChI=1S/C12H13F6N.ClH/c1-2-3-10(19)7-4-8(11(13,14)15)6-9(5-7)12(16,17)18;/h4-6,10H,2-3,19H2,1H3;1H/t10-;/m0./s1. The molecule has 0 amide bonds. The van der Waals surface area contributed by atoms with Crippen LogP contribution in [0.5, 0.6) is 0 Å². The average molecular weight is 322 g/mol. The molecule has 1 rings (SSSR count). The minimum atomic E-state index is -4.83. The number of alkyl halides is 6. The molecule has 1 aromatic carbocycles. The van der Waals surface area contributed by atoms with Gasteiger partial charge in [0.2, 0.25) is 0 Å². The predicted molar refractivity (Wildman–Crippen MR) is 65.5 cm³/mol. The van der Waals surface area contributed by atoms with Gasteiger partial charge in [-0.15, -0.1) is 12.4 Å². The molecule has 0 unspecified atom stereocenters. The molecule has 0 spiro atoms. The SMILES string of the molecule is CCC[C@H](N)c1cc(C(F)(F)F)cc(C(F)(F)F)c1.Cl. The second-order valence-corrected chi connectivity index (χ2v) is 4.23. The van der Waals surface area contributed by atoms with Crippen molar-refractivity contribution in [1.82, 2.24) is 0 Å². The second-order valence-electron chi connectivity index (χ2n) is 4.23. The Bertz CT molecular complexity index is 408. The number of halogens is 7. The predicted octanol–water partition coefficient (Wildman–Crippen LogP) is 4.95. The van der Waals surface area contributed by atoms with Crippen molar-refractivity contribution in [2.75, 3.05) is 0 Å². The van der Waals surface area contributed by atoms with E-state index in [0.29, 0.717) is 25.0 Å². The lowest BCUT2D eigenvalue weighted by Gasteiger charge is -2.17. The van der Waals surface area contributed by atoms with E-state index in [4.69, 9.17) is 5.73 Å². The van der Waals surface area contributed by atoms with Crippen LogP contribution in [0.25, 0.3) is 0 Å². The van der Waals surface area contributed by atoms with Crippen LogP contribution in [0, 0.1) is 0 Å². The number of nitrogens with two attached hydrogens (primary N) is 1. The molecule has 1 nitrogen and oxygen atoms in total. The van der Waals surface area contributed by atoms with Gasteiger partial charge in [-0.1, -0.05) is 13.3 Å². The van der Waals surface area contributed by atoms with Gasteiger partial charge in [-0.2, -0.15) is 26.3 Å². The maximum Gasteiger partial charge on any atom is 0.416 e. The molecule has 0 aromatic heterocycles. The van der Waals surface area contributed by atoms with Gasteiger partial charge in [-0.05, 0) is 30.2 Å². The third kappa shape index (κ3) is 4.86. The second kappa shape index (κ2) is 6.67. The molecule has 0 aliphatic carbocycles. The molecular formula is C12H14ClF6N. The summed E-state index contributed by atoms with van der Waals surface area (Å²) < 4.78 is 75.5. The molecule has 0 aliphatic heterocycles. The van der Waals surface area contributed by atoms with Crippen LogP contribution in [0.3, 0.4) is 0 Å². The Balaban J connectivity index is 0.00000361. The van der Waals surface area contributed by atoms with E-state index in [2.05, 4.69) is 0 Å². The van der Waals surface area contributed by atoms with Crippen LogP contribution in [-0.2, 0) is 12.4 Å². The third-order valence-electron chi connectivity index (χ3n) is 2.64. The molecule has 0 saturated heterocycles. The zero-order chi connectivity index (χ0) is 14.8. The normalized spacial score (nSPS) is 13.8. The smallest absolute Gasteiger partial charge is 0.324 e. The van der Waals surface area contributed by atoms with Crippen LogP contribution in [0.1, 0.15) is 42.5 Å². The van der Waals surface area contributed by atoms with Gasteiger partial charge in [0.15, 0.2) is 0 Å². The largest absolute Gasteiger partial charge is 0.416 e. The van der Waals surface area contributed by atoms with Crippen LogP contribution >= 0.6 is 12.4 Å². The quantitative estimate of drug-likeness (QED) is 0.784. The molecule has 0 saturated carbocycles. The van der Waals surface area contributed by atoms with Gasteiger partial charge in [0.05, 0.1) is 11.1 Å². The van der Waals surface area contributed by atoms with E-state index < -0.39 is 29.5 Å². The van der Waals surface area contributed by atoms with Crippen LogP contribution < -0.4 is 5.73 Å². The summed E-state index contributed by atoms with van der Waals surface area (Å²) >= 11 is 0. The van der Waals surface area contributed by atoms with E-state index in [9.17, 15) is 26.3 Å². The van der Waals surface area contributed by atoms with E-state index >= 15 is 0 Å². The lowest BCUT2D eigenvalue weighted by molar-refractivity contribution is -0.143. The van der Waals surface area contributed by atoms with Gasteiger partial charge in [-0.3, -0.25) is 0 Å². The molecular weight excluding hydrogens is 308 g/mol. The van der Waals surface area contributed by atoms with Crippen molar-refractivity contribution in [1.29, 1.82) is 0 Å². The Labute approximate surface area is 118 Å². The highest BCUT2D eigenvalue weighted by Gasteiger charge is 2.37. The summed E-state index contributed by atoms with van der Waals surface area (Å²) in [6.07, 6.45) is -8.78. The highest BCUT2D eigenvalue weighted by molar-refractivity contribution is 5.85. The first kappa shape index (κ1) is 19.1. The Morgan fingerprint density at radius 3 is 1.65 bits per heavy atom. The summed E-state index contributed by atoms with van der Waals surface area (Å²) in [5.74, 6) is 0. The first-order chi connectivity index (χ1) is 8.55. The minimum absolute atomic E-state index is 0. The Kier molecular flexibility index (Phi) is 6.35. The Hall–Kier alpha value is -0.950. The van der Waals surface area contributed by atoms with Crippen molar-refractivity contribution in [3.8, 4) is 0 Å². The van der Waals surface area contributed by atoms with Gasteiger partial charge in [-0.25, -0.2) is 0 Å². The van der Waals surface area contributed by atoms with Crippen molar-refractivity contribution in [3.05, 3.63) is 34.9 Å². The monoisotopic (exact) mass is 321 g/mol. The Morgan fingerprint density at radius 1 is 0.950 bits per heavy atom. The van der Waals surface area contributed by atoms with Crippen LogP contribution in [0.4, 0.5) is 26.3 Å². The summed E-state index contributed by atoms with van der Waals surface area (Å²) in [5, 5.41) is 0. The van der Waals surface area contributed by atoms with Gasteiger partial charge < -0.3 is 5.73 Å². The van der Waals surface area contributed by atoms with E-state index in [1.807, 2.05) is 0 Å². The van der Waals surface area contributed by atoms with Crippen molar-refractivity contribution in [2.45, 2.75) is 38.2 Å². The molecule has 0 radical (unpaired) electrons. The highest BCUT2D eigenvalue weighted by Crippen LogP contribution is 2.37. The lowest BCUT2D eigenvalue weighted by atomic mass is 9.97. The fraction of sp³-hybridized carbons (Fsp3) is 0.500. The molecule has 0 heterocycles. The zero-order valence-electron chi connectivity index (χ0n) is 10.5. The van der Waals surface area contributed by atoms with E-state index in [1.54, 1.807) is 6.92 Å². The summed E-state index contributed by atoms with van der Waals surface area (Å²) in [4.78, 5) is 0. The van der Waals surface area contributed by atoms with E-state index in [1.165, 1.54) is 0 Å².